The SMILES string of the molecule is CC(C)(CCl)CNCc1cccc(F)c1Br. The first kappa shape index (κ1) is 13.9. The van der Waals surface area contributed by atoms with Gasteiger partial charge in [0, 0.05) is 19.0 Å². The molecule has 4 heteroatoms. The molecule has 0 heterocycles. The van der Waals surface area contributed by atoms with Crippen LogP contribution in [0.1, 0.15) is 19.4 Å². The molecule has 1 nitrogen and oxygen atoms in total. The monoisotopic (exact) mass is 307 g/mol. The van der Waals surface area contributed by atoms with Crippen molar-refractivity contribution in [2.45, 2.75) is 20.4 Å². The van der Waals surface area contributed by atoms with Gasteiger partial charge in [0.25, 0.3) is 0 Å². The van der Waals surface area contributed by atoms with Crippen molar-refractivity contribution < 1.29 is 4.39 Å². The Labute approximate surface area is 110 Å². The molecule has 1 aromatic rings. The number of rotatable bonds is 5. The minimum absolute atomic E-state index is 0.0569. The number of nitrogens with one attached hydrogen (secondary N) is 1. The summed E-state index contributed by atoms with van der Waals surface area (Å²) in [4.78, 5) is 0. The number of hydrogen-bond acceptors (Lipinski definition) is 1. The van der Waals surface area contributed by atoms with Gasteiger partial charge >= 0.3 is 0 Å². The van der Waals surface area contributed by atoms with E-state index in [0.717, 1.165) is 12.1 Å². The maximum atomic E-state index is 13.2. The van der Waals surface area contributed by atoms with Gasteiger partial charge in [0.1, 0.15) is 5.82 Å². The Hall–Kier alpha value is -0.120. The van der Waals surface area contributed by atoms with Crippen molar-refractivity contribution in [2.24, 2.45) is 5.41 Å². The lowest BCUT2D eigenvalue weighted by Crippen LogP contribution is -2.30. The summed E-state index contributed by atoms with van der Waals surface area (Å²) < 4.78 is 13.7. The summed E-state index contributed by atoms with van der Waals surface area (Å²) >= 11 is 9.06. The molecule has 0 unspecified atom stereocenters. The van der Waals surface area contributed by atoms with E-state index in [1.165, 1.54) is 6.07 Å². The summed E-state index contributed by atoms with van der Waals surface area (Å²) in [5.41, 5.74) is 0.979. The first-order valence-corrected chi connectivity index (χ1v) is 6.48. The van der Waals surface area contributed by atoms with Gasteiger partial charge in [-0.3, -0.25) is 0 Å². The van der Waals surface area contributed by atoms with E-state index in [1.807, 2.05) is 6.07 Å². The molecule has 1 rings (SSSR count). The van der Waals surface area contributed by atoms with Gasteiger partial charge in [0.15, 0.2) is 0 Å². The predicted octanol–water partition coefficient (Wildman–Crippen LogP) is 3.94. The highest BCUT2D eigenvalue weighted by Gasteiger charge is 2.15. The van der Waals surface area contributed by atoms with Crippen molar-refractivity contribution in [1.82, 2.24) is 5.32 Å². The van der Waals surface area contributed by atoms with E-state index in [9.17, 15) is 4.39 Å². The molecule has 0 amide bonds. The number of hydrogen-bond donors (Lipinski definition) is 1. The Bertz CT molecular complexity index is 355. The Morgan fingerprint density at radius 3 is 2.75 bits per heavy atom. The van der Waals surface area contributed by atoms with Crippen LogP contribution in [-0.2, 0) is 6.54 Å². The van der Waals surface area contributed by atoms with Crippen LogP contribution in [-0.4, -0.2) is 12.4 Å². The second-order valence-electron chi connectivity index (χ2n) is 4.61. The van der Waals surface area contributed by atoms with Crippen molar-refractivity contribution in [1.29, 1.82) is 0 Å². The Balaban J connectivity index is 2.53. The molecule has 0 bridgehead atoms. The second-order valence-corrected chi connectivity index (χ2v) is 5.67. The van der Waals surface area contributed by atoms with Gasteiger partial charge in [-0.1, -0.05) is 26.0 Å². The lowest BCUT2D eigenvalue weighted by Gasteiger charge is -2.21. The average molecular weight is 309 g/mol. The predicted molar refractivity (Wildman–Crippen MR) is 70.3 cm³/mol. The molecule has 0 aliphatic heterocycles. The molecule has 0 aliphatic rings. The number of halogens is 3. The highest BCUT2D eigenvalue weighted by atomic mass is 79.9. The standard InChI is InChI=1S/C12H16BrClFN/c1-12(2,7-14)8-16-6-9-4-3-5-10(15)11(9)13/h3-5,16H,6-8H2,1-2H3. The quantitative estimate of drug-likeness (QED) is 0.812. The highest BCUT2D eigenvalue weighted by Crippen LogP contribution is 2.21. The average Bonchev–Trinajstić information content (AvgIpc) is 2.24. The zero-order chi connectivity index (χ0) is 12.2. The first-order chi connectivity index (χ1) is 7.46. The Morgan fingerprint density at radius 1 is 1.44 bits per heavy atom. The van der Waals surface area contributed by atoms with Gasteiger partial charge in [-0.25, -0.2) is 4.39 Å². The van der Waals surface area contributed by atoms with Crippen LogP contribution in [0.25, 0.3) is 0 Å². The van der Waals surface area contributed by atoms with Crippen LogP contribution >= 0.6 is 27.5 Å². The van der Waals surface area contributed by atoms with E-state index in [2.05, 4.69) is 35.1 Å². The third-order valence-corrected chi connectivity index (χ3v) is 3.92. The minimum atomic E-state index is -0.226. The van der Waals surface area contributed by atoms with Gasteiger partial charge in [-0.05, 0) is 33.0 Å². The number of alkyl halides is 1. The van der Waals surface area contributed by atoms with E-state index in [0.29, 0.717) is 16.9 Å². The molecule has 0 aromatic heterocycles. The van der Waals surface area contributed by atoms with E-state index in [4.69, 9.17) is 11.6 Å². The third-order valence-electron chi connectivity index (χ3n) is 2.31. The normalized spacial score (nSPS) is 11.8. The van der Waals surface area contributed by atoms with Crippen LogP contribution in [0.15, 0.2) is 22.7 Å². The molecule has 0 radical (unpaired) electrons. The molecule has 0 aliphatic carbocycles. The molecule has 1 N–H and O–H groups in total. The van der Waals surface area contributed by atoms with Crippen LogP contribution in [0, 0.1) is 11.2 Å². The fourth-order valence-electron chi connectivity index (χ4n) is 1.27. The van der Waals surface area contributed by atoms with Crippen molar-refractivity contribution in [2.75, 3.05) is 12.4 Å². The van der Waals surface area contributed by atoms with Crippen LogP contribution in [0.5, 0.6) is 0 Å². The molecule has 16 heavy (non-hydrogen) atoms. The van der Waals surface area contributed by atoms with E-state index in [1.54, 1.807) is 6.07 Å². The van der Waals surface area contributed by atoms with Crippen LogP contribution in [0.4, 0.5) is 4.39 Å². The zero-order valence-electron chi connectivity index (χ0n) is 9.49. The maximum Gasteiger partial charge on any atom is 0.137 e. The molecular weight excluding hydrogens is 292 g/mol. The number of benzene rings is 1. The van der Waals surface area contributed by atoms with Gasteiger partial charge in [0.2, 0.25) is 0 Å². The molecule has 0 fully saturated rings. The van der Waals surface area contributed by atoms with Crippen molar-refractivity contribution in [3.05, 3.63) is 34.1 Å². The lowest BCUT2D eigenvalue weighted by molar-refractivity contribution is 0.385. The molecule has 0 atom stereocenters. The van der Waals surface area contributed by atoms with Crippen molar-refractivity contribution in [3.63, 3.8) is 0 Å². The summed E-state index contributed by atoms with van der Waals surface area (Å²) in [5, 5.41) is 3.28. The van der Waals surface area contributed by atoms with Gasteiger partial charge in [-0.2, -0.15) is 0 Å². The molecule has 0 spiro atoms. The molecular formula is C12H16BrClFN. The van der Waals surface area contributed by atoms with E-state index < -0.39 is 0 Å². The van der Waals surface area contributed by atoms with Crippen molar-refractivity contribution >= 4 is 27.5 Å². The fraction of sp³-hybridized carbons (Fsp3) is 0.500. The van der Waals surface area contributed by atoms with Crippen LogP contribution in [0.2, 0.25) is 0 Å². The maximum absolute atomic E-state index is 13.2. The summed E-state index contributed by atoms with van der Waals surface area (Å²) in [6.45, 7) is 5.62. The molecule has 90 valence electrons. The fourth-order valence-corrected chi connectivity index (χ4v) is 1.77. The summed E-state index contributed by atoms with van der Waals surface area (Å²) in [5.74, 6) is 0.375. The van der Waals surface area contributed by atoms with Crippen LogP contribution in [0.3, 0.4) is 0 Å². The van der Waals surface area contributed by atoms with Crippen LogP contribution < -0.4 is 5.32 Å². The van der Waals surface area contributed by atoms with Gasteiger partial charge in [-0.15, -0.1) is 11.6 Å². The molecule has 1 aromatic carbocycles. The smallest absolute Gasteiger partial charge is 0.137 e. The summed E-state index contributed by atoms with van der Waals surface area (Å²) in [6.07, 6.45) is 0. The summed E-state index contributed by atoms with van der Waals surface area (Å²) in [6, 6.07) is 5.05. The highest BCUT2D eigenvalue weighted by molar-refractivity contribution is 9.10. The van der Waals surface area contributed by atoms with Crippen molar-refractivity contribution in [3.8, 4) is 0 Å². The largest absolute Gasteiger partial charge is 0.312 e. The van der Waals surface area contributed by atoms with Gasteiger partial charge in [0.05, 0.1) is 4.47 Å². The summed E-state index contributed by atoms with van der Waals surface area (Å²) in [7, 11) is 0. The zero-order valence-corrected chi connectivity index (χ0v) is 11.8. The molecule has 0 saturated carbocycles. The van der Waals surface area contributed by atoms with Gasteiger partial charge < -0.3 is 5.32 Å². The Kier molecular flexibility index (Phi) is 5.22. The topological polar surface area (TPSA) is 12.0 Å². The first-order valence-electron chi connectivity index (χ1n) is 5.16. The third kappa shape index (κ3) is 4.04. The molecule has 0 saturated heterocycles. The van der Waals surface area contributed by atoms with E-state index in [-0.39, 0.29) is 11.2 Å². The minimum Gasteiger partial charge on any atom is -0.312 e. The van der Waals surface area contributed by atoms with E-state index >= 15 is 0 Å². The lowest BCUT2D eigenvalue weighted by atomic mass is 9.96. The Morgan fingerprint density at radius 2 is 2.12 bits per heavy atom. The second kappa shape index (κ2) is 5.99.